The Morgan fingerprint density at radius 3 is 2.25 bits per heavy atom. The normalized spacial score (nSPS) is 12.8. The number of amides is 1. The Bertz CT molecular complexity index is 668. The molecule has 0 spiro atoms. The van der Waals surface area contributed by atoms with Crippen LogP contribution in [0.1, 0.15) is 32.3 Å². The van der Waals surface area contributed by atoms with Gasteiger partial charge in [-0.05, 0) is 31.4 Å². The molecule has 0 heterocycles. The number of carboxylic acids is 1. The summed E-state index contributed by atoms with van der Waals surface area (Å²) in [5, 5.41) is 11.1. The van der Waals surface area contributed by atoms with Crippen molar-refractivity contribution in [2.75, 3.05) is 6.54 Å². The number of hydrogen-bond donors (Lipinski definition) is 3. The largest absolute Gasteiger partial charge is 0.481 e. The van der Waals surface area contributed by atoms with Gasteiger partial charge in [-0.15, -0.1) is 0 Å². The Morgan fingerprint density at radius 2 is 1.75 bits per heavy atom. The molecule has 0 bridgehead atoms. The van der Waals surface area contributed by atoms with E-state index in [2.05, 4.69) is 10.0 Å². The first-order valence-electron chi connectivity index (χ1n) is 7.70. The predicted molar refractivity (Wildman–Crippen MR) is 90.0 cm³/mol. The summed E-state index contributed by atoms with van der Waals surface area (Å²) in [7, 11) is -3.84. The van der Waals surface area contributed by atoms with Gasteiger partial charge in [-0.3, -0.25) is 9.59 Å². The molecular formula is C16H24N2O5S. The summed E-state index contributed by atoms with van der Waals surface area (Å²) < 4.78 is 27.3. The van der Waals surface area contributed by atoms with Crippen molar-refractivity contribution in [1.82, 2.24) is 10.0 Å². The fourth-order valence-corrected chi connectivity index (χ4v) is 3.28. The monoisotopic (exact) mass is 356 g/mol. The molecule has 0 radical (unpaired) electrons. The Hall–Kier alpha value is -1.93. The molecule has 134 valence electrons. The van der Waals surface area contributed by atoms with E-state index in [1.54, 1.807) is 12.1 Å². The molecule has 1 atom stereocenters. The number of aryl methyl sites for hydroxylation is 1. The minimum Gasteiger partial charge on any atom is -0.481 e. The summed E-state index contributed by atoms with van der Waals surface area (Å²) in [6.45, 7) is 5.55. The van der Waals surface area contributed by atoms with E-state index < -0.39 is 27.9 Å². The van der Waals surface area contributed by atoms with E-state index >= 15 is 0 Å². The van der Waals surface area contributed by atoms with E-state index in [1.807, 2.05) is 20.8 Å². The van der Waals surface area contributed by atoms with Gasteiger partial charge in [-0.2, -0.15) is 4.72 Å². The zero-order chi connectivity index (χ0) is 18.3. The maximum Gasteiger partial charge on any atom is 0.305 e. The van der Waals surface area contributed by atoms with Crippen molar-refractivity contribution < 1.29 is 23.1 Å². The fraction of sp³-hybridized carbons (Fsp3) is 0.500. The van der Waals surface area contributed by atoms with Crippen molar-refractivity contribution in [3.63, 3.8) is 0 Å². The number of carbonyl (C=O) groups is 2. The molecule has 1 aromatic carbocycles. The van der Waals surface area contributed by atoms with Crippen LogP contribution in [0.25, 0.3) is 0 Å². The van der Waals surface area contributed by atoms with Gasteiger partial charge in [-0.25, -0.2) is 8.42 Å². The van der Waals surface area contributed by atoms with E-state index in [9.17, 15) is 18.0 Å². The third-order valence-electron chi connectivity index (χ3n) is 3.29. The predicted octanol–water partition coefficient (Wildman–Crippen LogP) is 1.28. The third kappa shape index (κ3) is 6.67. The molecule has 1 rings (SSSR count). The van der Waals surface area contributed by atoms with Crippen LogP contribution in [0, 0.1) is 12.8 Å². The van der Waals surface area contributed by atoms with E-state index in [-0.39, 0.29) is 23.8 Å². The first kappa shape index (κ1) is 20.1. The van der Waals surface area contributed by atoms with Gasteiger partial charge in [0.25, 0.3) is 0 Å². The number of benzene rings is 1. The summed E-state index contributed by atoms with van der Waals surface area (Å²) in [6, 6.07) is 5.36. The molecule has 0 aliphatic heterocycles. The van der Waals surface area contributed by atoms with Crippen LogP contribution >= 0.6 is 0 Å². The highest BCUT2D eigenvalue weighted by Crippen LogP contribution is 2.13. The Labute approximate surface area is 142 Å². The molecule has 24 heavy (non-hydrogen) atoms. The molecule has 8 heteroatoms. The number of rotatable bonds is 9. The quantitative estimate of drug-likeness (QED) is 0.617. The van der Waals surface area contributed by atoms with Crippen LogP contribution in [0.15, 0.2) is 29.2 Å². The summed E-state index contributed by atoms with van der Waals surface area (Å²) in [5.41, 5.74) is 0.930. The van der Waals surface area contributed by atoms with Gasteiger partial charge in [0, 0.05) is 6.54 Å². The average molecular weight is 356 g/mol. The molecule has 0 saturated heterocycles. The molecule has 0 aromatic heterocycles. The van der Waals surface area contributed by atoms with Gasteiger partial charge in [0.2, 0.25) is 15.9 Å². The Balaban J connectivity index is 2.85. The zero-order valence-electron chi connectivity index (χ0n) is 14.1. The smallest absolute Gasteiger partial charge is 0.305 e. The number of nitrogens with one attached hydrogen (secondary N) is 2. The van der Waals surface area contributed by atoms with E-state index in [0.29, 0.717) is 6.42 Å². The van der Waals surface area contributed by atoms with Crippen LogP contribution in [0.3, 0.4) is 0 Å². The van der Waals surface area contributed by atoms with E-state index in [1.165, 1.54) is 12.1 Å². The van der Waals surface area contributed by atoms with Crippen molar-refractivity contribution in [2.24, 2.45) is 5.92 Å². The van der Waals surface area contributed by atoms with Crippen LogP contribution < -0.4 is 10.0 Å². The summed E-state index contributed by atoms with van der Waals surface area (Å²) >= 11 is 0. The van der Waals surface area contributed by atoms with Crippen LogP contribution in [0.4, 0.5) is 0 Å². The summed E-state index contributed by atoms with van der Waals surface area (Å²) in [4.78, 5) is 22.8. The Morgan fingerprint density at radius 1 is 1.17 bits per heavy atom. The van der Waals surface area contributed by atoms with Gasteiger partial charge >= 0.3 is 5.97 Å². The number of hydrogen-bond acceptors (Lipinski definition) is 4. The first-order chi connectivity index (χ1) is 11.1. The lowest BCUT2D eigenvalue weighted by Gasteiger charge is -2.20. The average Bonchev–Trinajstić information content (AvgIpc) is 2.45. The van der Waals surface area contributed by atoms with E-state index in [0.717, 1.165) is 5.56 Å². The molecule has 3 N–H and O–H groups in total. The highest BCUT2D eigenvalue weighted by Gasteiger charge is 2.26. The molecule has 0 aliphatic carbocycles. The second kappa shape index (κ2) is 8.79. The molecule has 1 amide bonds. The van der Waals surface area contributed by atoms with Crippen molar-refractivity contribution in [1.29, 1.82) is 0 Å². The number of carboxylic acid groups (broad SMARTS) is 1. The van der Waals surface area contributed by atoms with Crippen LogP contribution in [0.2, 0.25) is 0 Å². The summed E-state index contributed by atoms with van der Waals surface area (Å²) in [5.74, 6) is -1.47. The maximum absolute atomic E-state index is 12.4. The third-order valence-corrected chi connectivity index (χ3v) is 4.78. The van der Waals surface area contributed by atoms with Crippen LogP contribution in [-0.2, 0) is 19.6 Å². The molecule has 7 nitrogen and oxygen atoms in total. The standard InChI is InChI=1S/C16H24N2O5S/c1-11(2)10-14(16(21)17-9-8-15(19)20)18-24(22,23)13-6-4-12(3)5-7-13/h4-7,11,14,18H,8-10H2,1-3H3,(H,17,21)(H,19,20). The summed E-state index contributed by atoms with van der Waals surface area (Å²) in [6.07, 6.45) is 0.0921. The molecule has 1 unspecified atom stereocenters. The molecule has 1 aromatic rings. The molecule has 0 aliphatic rings. The number of sulfonamides is 1. The molecule has 0 saturated carbocycles. The van der Waals surface area contributed by atoms with Crippen molar-refractivity contribution >= 4 is 21.9 Å². The second-order valence-electron chi connectivity index (χ2n) is 6.05. The maximum atomic E-state index is 12.4. The van der Waals surface area contributed by atoms with Crippen molar-refractivity contribution in [3.8, 4) is 0 Å². The SMILES string of the molecule is Cc1ccc(S(=O)(=O)NC(CC(C)C)C(=O)NCCC(=O)O)cc1. The highest BCUT2D eigenvalue weighted by molar-refractivity contribution is 7.89. The zero-order valence-corrected chi connectivity index (χ0v) is 14.9. The minimum atomic E-state index is -3.84. The second-order valence-corrected chi connectivity index (χ2v) is 7.77. The molecule has 0 fully saturated rings. The topological polar surface area (TPSA) is 113 Å². The highest BCUT2D eigenvalue weighted by atomic mass is 32.2. The lowest BCUT2D eigenvalue weighted by atomic mass is 10.0. The lowest BCUT2D eigenvalue weighted by Crippen LogP contribution is -2.47. The van der Waals surface area contributed by atoms with Gasteiger partial charge in [0.1, 0.15) is 6.04 Å². The molecular weight excluding hydrogens is 332 g/mol. The fourth-order valence-electron chi connectivity index (χ4n) is 2.07. The van der Waals surface area contributed by atoms with Gasteiger partial charge in [0.05, 0.1) is 11.3 Å². The number of carbonyl (C=O) groups excluding carboxylic acids is 1. The van der Waals surface area contributed by atoms with Crippen LogP contribution in [-0.4, -0.2) is 38.0 Å². The van der Waals surface area contributed by atoms with E-state index in [4.69, 9.17) is 5.11 Å². The van der Waals surface area contributed by atoms with Gasteiger partial charge in [0.15, 0.2) is 0 Å². The lowest BCUT2D eigenvalue weighted by molar-refractivity contribution is -0.137. The Kier molecular flexibility index (Phi) is 7.37. The number of aliphatic carboxylic acids is 1. The van der Waals surface area contributed by atoms with Crippen molar-refractivity contribution in [3.05, 3.63) is 29.8 Å². The van der Waals surface area contributed by atoms with Crippen LogP contribution in [0.5, 0.6) is 0 Å². The van der Waals surface area contributed by atoms with Crippen molar-refractivity contribution in [2.45, 2.75) is 44.6 Å². The minimum absolute atomic E-state index is 0.0466. The van der Waals surface area contributed by atoms with Gasteiger partial charge in [-0.1, -0.05) is 31.5 Å². The first-order valence-corrected chi connectivity index (χ1v) is 9.18. The van der Waals surface area contributed by atoms with Gasteiger partial charge < -0.3 is 10.4 Å².